The number of aliphatic hydroxyl groups excluding tert-OH is 1. The smallest absolute Gasteiger partial charge is 0.131 e. The molecule has 0 bridgehead atoms. The van der Waals surface area contributed by atoms with Crippen molar-refractivity contribution >= 4 is 11.6 Å². The molecule has 4 N–H and O–H groups in total. The number of nitrogens with zero attached hydrogens (tertiary/aromatic N) is 2. The summed E-state index contributed by atoms with van der Waals surface area (Å²) in [4.78, 5) is 7.72. The predicted molar refractivity (Wildman–Crippen MR) is 55.8 cm³/mol. The molecule has 0 aliphatic rings. The lowest BCUT2D eigenvalue weighted by Crippen LogP contribution is -2.25. The Bertz CT molecular complexity index is 290. The van der Waals surface area contributed by atoms with Crippen LogP contribution in [0.3, 0.4) is 0 Å². The maximum Gasteiger partial charge on any atom is 0.131 e. The van der Waals surface area contributed by atoms with Gasteiger partial charge in [-0.2, -0.15) is 0 Å². The third-order valence-corrected chi connectivity index (χ3v) is 1.95. The molecule has 1 aromatic rings. The normalized spacial score (nSPS) is 12.9. The number of hydrogen-bond acceptors (Lipinski definition) is 5. The van der Waals surface area contributed by atoms with E-state index in [0.29, 0.717) is 18.2 Å². The van der Waals surface area contributed by atoms with Gasteiger partial charge in [-0.15, -0.1) is 0 Å². The fourth-order valence-electron chi connectivity index (χ4n) is 0.914. The van der Waals surface area contributed by atoms with Crippen molar-refractivity contribution < 1.29 is 5.11 Å². The first-order valence-electron chi connectivity index (χ1n) is 4.59. The molecule has 0 spiro atoms. The first-order chi connectivity index (χ1) is 6.59. The molecule has 0 aliphatic heterocycles. The molecule has 0 aliphatic carbocycles. The first kappa shape index (κ1) is 10.7. The fraction of sp³-hybridized carbons (Fsp3) is 0.556. The third kappa shape index (κ3) is 3.18. The van der Waals surface area contributed by atoms with Gasteiger partial charge in [0.1, 0.15) is 18.0 Å². The van der Waals surface area contributed by atoms with E-state index in [9.17, 15) is 5.11 Å². The molecule has 0 saturated heterocycles. The van der Waals surface area contributed by atoms with Crippen molar-refractivity contribution in [3.05, 3.63) is 12.4 Å². The van der Waals surface area contributed by atoms with E-state index >= 15 is 0 Å². The summed E-state index contributed by atoms with van der Waals surface area (Å²) in [7, 11) is 0. The Hall–Kier alpha value is -1.36. The molecule has 78 valence electrons. The van der Waals surface area contributed by atoms with Crippen molar-refractivity contribution in [1.82, 2.24) is 9.97 Å². The van der Waals surface area contributed by atoms with E-state index in [1.54, 1.807) is 6.07 Å². The Labute approximate surface area is 83.4 Å². The van der Waals surface area contributed by atoms with Gasteiger partial charge in [0.15, 0.2) is 0 Å². The van der Waals surface area contributed by atoms with Crippen LogP contribution in [0, 0.1) is 5.92 Å². The first-order valence-corrected chi connectivity index (χ1v) is 4.59. The molecule has 1 atom stereocenters. The van der Waals surface area contributed by atoms with E-state index in [0.717, 1.165) is 0 Å². The molecule has 0 radical (unpaired) electrons. The maximum absolute atomic E-state index is 9.52. The fourth-order valence-corrected chi connectivity index (χ4v) is 0.914. The van der Waals surface area contributed by atoms with Crippen LogP contribution in [0.1, 0.15) is 13.8 Å². The summed E-state index contributed by atoms with van der Waals surface area (Å²) in [6.07, 6.45) is 1.01. The minimum atomic E-state index is -0.383. The van der Waals surface area contributed by atoms with Crippen molar-refractivity contribution in [3.8, 4) is 0 Å². The second kappa shape index (κ2) is 4.76. The maximum atomic E-state index is 9.52. The van der Waals surface area contributed by atoms with Gasteiger partial charge in [-0.25, -0.2) is 9.97 Å². The summed E-state index contributed by atoms with van der Waals surface area (Å²) in [6.45, 7) is 4.38. The number of aromatic nitrogens is 2. The van der Waals surface area contributed by atoms with Gasteiger partial charge >= 0.3 is 0 Å². The Morgan fingerprint density at radius 2 is 2.21 bits per heavy atom. The summed E-state index contributed by atoms with van der Waals surface area (Å²) in [6, 6.07) is 1.63. The Morgan fingerprint density at radius 3 is 2.79 bits per heavy atom. The number of aliphatic hydroxyl groups is 1. The summed E-state index contributed by atoms with van der Waals surface area (Å²) in [5.41, 5.74) is 5.47. The number of hydrogen-bond donors (Lipinski definition) is 3. The molecule has 0 amide bonds. The lowest BCUT2D eigenvalue weighted by molar-refractivity contribution is 0.138. The van der Waals surface area contributed by atoms with Crippen molar-refractivity contribution in [2.75, 3.05) is 17.6 Å². The van der Waals surface area contributed by atoms with Crippen LogP contribution < -0.4 is 11.1 Å². The SMILES string of the molecule is CC(C)C(O)CNc1cc(N)ncn1. The minimum absolute atomic E-state index is 0.224. The third-order valence-electron chi connectivity index (χ3n) is 1.95. The van der Waals surface area contributed by atoms with Gasteiger partial charge in [-0.3, -0.25) is 0 Å². The van der Waals surface area contributed by atoms with Crippen LogP contribution >= 0.6 is 0 Å². The average molecular weight is 196 g/mol. The summed E-state index contributed by atoms with van der Waals surface area (Å²) < 4.78 is 0. The average Bonchev–Trinajstić information content (AvgIpc) is 2.14. The van der Waals surface area contributed by atoms with Crippen LogP contribution in [0.25, 0.3) is 0 Å². The van der Waals surface area contributed by atoms with Crippen LogP contribution in [-0.4, -0.2) is 27.7 Å². The van der Waals surface area contributed by atoms with Gasteiger partial charge in [0.25, 0.3) is 0 Å². The standard InChI is InChI=1S/C9H16N4O/c1-6(2)7(14)4-11-9-3-8(10)12-5-13-9/h3,5-7,14H,4H2,1-2H3,(H3,10,11,12,13). The van der Waals surface area contributed by atoms with Crippen LogP contribution in [0.5, 0.6) is 0 Å². The molecule has 1 aromatic heterocycles. The van der Waals surface area contributed by atoms with Crippen LogP contribution in [0.15, 0.2) is 12.4 Å². The zero-order valence-electron chi connectivity index (χ0n) is 8.44. The molecular formula is C9H16N4O. The predicted octanol–water partition coefficient (Wildman–Crippen LogP) is 0.488. The zero-order chi connectivity index (χ0) is 10.6. The number of nitrogen functional groups attached to an aromatic ring is 1. The zero-order valence-corrected chi connectivity index (χ0v) is 8.44. The van der Waals surface area contributed by atoms with Gasteiger partial charge in [0, 0.05) is 12.6 Å². The molecule has 0 aromatic carbocycles. The molecule has 0 saturated carbocycles. The lowest BCUT2D eigenvalue weighted by atomic mass is 10.1. The van der Waals surface area contributed by atoms with E-state index in [1.807, 2.05) is 13.8 Å². The highest BCUT2D eigenvalue weighted by molar-refractivity contribution is 5.43. The number of anilines is 2. The van der Waals surface area contributed by atoms with Crippen molar-refractivity contribution in [2.24, 2.45) is 5.92 Å². The highest BCUT2D eigenvalue weighted by Crippen LogP contribution is 2.06. The Balaban J connectivity index is 2.45. The monoisotopic (exact) mass is 196 g/mol. The van der Waals surface area contributed by atoms with Gasteiger partial charge in [-0.05, 0) is 5.92 Å². The second-order valence-corrected chi connectivity index (χ2v) is 3.52. The second-order valence-electron chi connectivity index (χ2n) is 3.52. The van der Waals surface area contributed by atoms with Gasteiger partial charge < -0.3 is 16.2 Å². The highest BCUT2D eigenvalue weighted by Gasteiger charge is 2.08. The van der Waals surface area contributed by atoms with E-state index in [1.165, 1.54) is 6.33 Å². The summed E-state index contributed by atoms with van der Waals surface area (Å²) in [5.74, 6) is 1.28. The van der Waals surface area contributed by atoms with E-state index in [-0.39, 0.29) is 12.0 Å². The van der Waals surface area contributed by atoms with Gasteiger partial charge in [-0.1, -0.05) is 13.8 Å². The molecule has 5 nitrogen and oxygen atoms in total. The van der Waals surface area contributed by atoms with E-state index in [4.69, 9.17) is 5.73 Å². The van der Waals surface area contributed by atoms with E-state index < -0.39 is 0 Å². The molecule has 1 rings (SSSR count). The highest BCUT2D eigenvalue weighted by atomic mass is 16.3. The summed E-state index contributed by atoms with van der Waals surface area (Å²) >= 11 is 0. The summed E-state index contributed by atoms with van der Waals surface area (Å²) in [5, 5.41) is 12.5. The van der Waals surface area contributed by atoms with Crippen LogP contribution in [-0.2, 0) is 0 Å². The lowest BCUT2D eigenvalue weighted by Gasteiger charge is -2.15. The van der Waals surface area contributed by atoms with Gasteiger partial charge in [0.05, 0.1) is 6.10 Å². The number of rotatable bonds is 4. The van der Waals surface area contributed by atoms with Crippen LogP contribution in [0.4, 0.5) is 11.6 Å². The molecule has 1 heterocycles. The number of nitrogens with two attached hydrogens (primary N) is 1. The molecule has 0 fully saturated rings. The largest absolute Gasteiger partial charge is 0.391 e. The minimum Gasteiger partial charge on any atom is -0.391 e. The quantitative estimate of drug-likeness (QED) is 0.652. The topological polar surface area (TPSA) is 84.1 Å². The van der Waals surface area contributed by atoms with Crippen molar-refractivity contribution in [1.29, 1.82) is 0 Å². The molecule has 14 heavy (non-hydrogen) atoms. The number of nitrogens with one attached hydrogen (secondary N) is 1. The molecule has 1 unspecified atom stereocenters. The van der Waals surface area contributed by atoms with Crippen molar-refractivity contribution in [3.63, 3.8) is 0 Å². The molecular weight excluding hydrogens is 180 g/mol. The van der Waals surface area contributed by atoms with Crippen molar-refractivity contribution in [2.45, 2.75) is 20.0 Å². The van der Waals surface area contributed by atoms with Crippen LogP contribution in [0.2, 0.25) is 0 Å². The molecule has 5 heteroatoms. The Morgan fingerprint density at radius 1 is 1.50 bits per heavy atom. The van der Waals surface area contributed by atoms with Gasteiger partial charge in [0.2, 0.25) is 0 Å². The van der Waals surface area contributed by atoms with E-state index in [2.05, 4.69) is 15.3 Å². The Kier molecular flexibility index (Phi) is 3.64.